The number of carbonyl (C=O) groups is 1. The Bertz CT molecular complexity index is 583. The van der Waals surface area contributed by atoms with Crippen LogP contribution >= 0.6 is 11.8 Å². The van der Waals surface area contributed by atoms with Crippen molar-refractivity contribution in [1.82, 2.24) is 9.55 Å². The largest absolute Gasteiger partial charge is 0.481 e. The zero-order chi connectivity index (χ0) is 14.4. The molecule has 5 nitrogen and oxygen atoms in total. The van der Waals surface area contributed by atoms with Gasteiger partial charge in [-0.2, -0.15) is 0 Å². The molecule has 0 atom stereocenters. The summed E-state index contributed by atoms with van der Waals surface area (Å²) in [5.41, 5.74) is 1.96. The zero-order valence-corrected chi connectivity index (χ0v) is 12.2. The maximum absolute atomic E-state index is 10.7. The highest BCUT2D eigenvalue weighted by Crippen LogP contribution is 2.24. The Labute approximate surface area is 121 Å². The summed E-state index contributed by atoms with van der Waals surface area (Å²) in [5.74, 6) is -0.797. The molecule has 108 valence electrons. The quantitative estimate of drug-likeness (QED) is 0.599. The van der Waals surface area contributed by atoms with Gasteiger partial charge in [-0.3, -0.25) is 4.79 Å². The molecule has 0 amide bonds. The number of unbranched alkanes of at least 4 members (excludes halogenated alkanes) is 1. The summed E-state index contributed by atoms with van der Waals surface area (Å²) in [6, 6.07) is 7.88. The number of carboxylic acids is 1. The van der Waals surface area contributed by atoms with E-state index in [1.54, 1.807) is 7.11 Å². The molecule has 2 rings (SSSR count). The first-order valence-corrected chi connectivity index (χ1v) is 7.49. The van der Waals surface area contributed by atoms with Crippen molar-refractivity contribution in [2.24, 2.45) is 0 Å². The summed E-state index contributed by atoms with van der Waals surface area (Å²) < 4.78 is 7.15. The van der Waals surface area contributed by atoms with E-state index in [1.807, 2.05) is 24.3 Å². The second-order valence-corrected chi connectivity index (χ2v) is 5.36. The number of aryl methyl sites for hydroxylation is 1. The summed E-state index contributed by atoms with van der Waals surface area (Å²) >= 11 is 1.27. The Kier molecular flexibility index (Phi) is 5.43. The number of ether oxygens (including phenoxy) is 1. The van der Waals surface area contributed by atoms with E-state index < -0.39 is 5.97 Å². The van der Waals surface area contributed by atoms with E-state index in [0.717, 1.165) is 42.2 Å². The molecule has 0 aliphatic heterocycles. The summed E-state index contributed by atoms with van der Waals surface area (Å²) in [7, 11) is 1.70. The van der Waals surface area contributed by atoms with Crippen LogP contribution in [0, 0.1) is 0 Å². The van der Waals surface area contributed by atoms with Gasteiger partial charge >= 0.3 is 5.97 Å². The number of imidazole rings is 1. The van der Waals surface area contributed by atoms with Crippen LogP contribution in [0.5, 0.6) is 0 Å². The molecule has 2 aromatic rings. The number of nitrogens with zero attached hydrogens (tertiary/aromatic N) is 2. The molecule has 0 aliphatic rings. The van der Waals surface area contributed by atoms with Crippen LogP contribution in [0.1, 0.15) is 12.8 Å². The van der Waals surface area contributed by atoms with Crippen LogP contribution in [0.4, 0.5) is 0 Å². The number of rotatable bonds is 8. The molecule has 0 aliphatic carbocycles. The van der Waals surface area contributed by atoms with Gasteiger partial charge in [0.1, 0.15) is 0 Å². The average molecular weight is 294 g/mol. The highest BCUT2D eigenvalue weighted by molar-refractivity contribution is 7.99. The van der Waals surface area contributed by atoms with Crippen molar-refractivity contribution < 1.29 is 14.6 Å². The molecule has 0 unspecified atom stereocenters. The van der Waals surface area contributed by atoms with Crippen molar-refractivity contribution >= 4 is 28.8 Å². The van der Waals surface area contributed by atoms with E-state index in [9.17, 15) is 4.79 Å². The predicted octanol–water partition coefficient (Wildman–Crippen LogP) is 2.64. The maximum Gasteiger partial charge on any atom is 0.313 e. The van der Waals surface area contributed by atoms with Gasteiger partial charge < -0.3 is 14.4 Å². The van der Waals surface area contributed by atoms with Crippen molar-refractivity contribution in [3.63, 3.8) is 0 Å². The molecule has 1 N–H and O–H groups in total. The van der Waals surface area contributed by atoms with E-state index in [0.29, 0.717) is 0 Å². The Morgan fingerprint density at radius 2 is 2.20 bits per heavy atom. The molecule has 0 saturated carbocycles. The summed E-state index contributed by atoms with van der Waals surface area (Å²) in [4.78, 5) is 15.2. The topological polar surface area (TPSA) is 64.3 Å². The lowest BCUT2D eigenvalue weighted by molar-refractivity contribution is -0.133. The van der Waals surface area contributed by atoms with Crippen molar-refractivity contribution in [3.8, 4) is 0 Å². The van der Waals surface area contributed by atoms with E-state index >= 15 is 0 Å². The number of carboxylic acid groups (broad SMARTS) is 1. The number of fused-ring (bicyclic) bond motifs is 1. The molecule has 0 bridgehead atoms. The standard InChI is InChI=1S/C14H18N2O3S/c1-19-9-5-4-8-16-12-7-3-2-6-11(12)15-14(16)20-10-13(17)18/h2-3,6-7H,4-5,8-10H2,1H3,(H,17,18). The fourth-order valence-electron chi connectivity index (χ4n) is 2.02. The number of benzene rings is 1. The average Bonchev–Trinajstić information content (AvgIpc) is 2.79. The molecule has 1 aromatic heterocycles. The number of thioether (sulfide) groups is 1. The van der Waals surface area contributed by atoms with Gasteiger partial charge in [0.05, 0.1) is 16.8 Å². The van der Waals surface area contributed by atoms with Crippen LogP contribution in [0.3, 0.4) is 0 Å². The molecule has 0 radical (unpaired) electrons. The highest BCUT2D eigenvalue weighted by Gasteiger charge is 2.12. The molecular formula is C14H18N2O3S. The number of aliphatic carboxylic acids is 1. The molecule has 0 spiro atoms. The number of aromatic nitrogens is 2. The fraction of sp³-hybridized carbons (Fsp3) is 0.429. The van der Waals surface area contributed by atoms with Crippen LogP contribution in [-0.4, -0.2) is 40.1 Å². The summed E-state index contributed by atoms with van der Waals surface area (Å²) in [5, 5.41) is 9.58. The fourth-order valence-corrected chi connectivity index (χ4v) is 2.78. The SMILES string of the molecule is COCCCCn1c(SCC(=O)O)nc2ccccc21. The maximum atomic E-state index is 10.7. The molecule has 20 heavy (non-hydrogen) atoms. The minimum atomic E-state index is -0.826. The molecular weight excluding hydrogens is 276 g/mol. The van der Waals surface area contributed by atoms with Crippen molar-refractivity contribution in [3.05, 3.63) is 24.3 Å². The van der Waals surface area contributed by atoms with E-state index in [1.165, 1.54) is 11.8 Å². The highest BCUT2D eigenvalue weighted by atomic mass is 32.2. The third-order valence-corrected chi connectivity index (χ3v) is 3.89. The number of para-hydroxylation sites is 2. The zero-order valence-electron chi connectivity index (χ0n) is 11.4. The van der Waals surface area contributed by atoms with Gasteiger partial charge in [-0.25, -0.2) is 4.98 Å². The Hall–Kier alpha value is -1.53. The van der Waals surface area contributed by atoms with Gasteiger partial charge in [-0.1, -0.05) is 23.9 Å². The van der Waals surface area contributed by atoms with Gasteiger partial charge in [0.15, 0.2) is 5.16 Å². The van der Waals surface area contributed by atoms with Gasteiger partial charge in [0, 0.05) is 20.3 Å². The number of methoxy groups -OCH3 is 1. The van der Waals surface area contributed by atoms with E-state index in [4.69, 9.17) is 9.84 Å². The first-order chi connectivity index (χ1) is 9.72. The van der Waals surface area contributed by atoms with Crippen LogP contribution in [0.15, 0.2) is 29.4 Å². The lowest BCUT2D eigenvalue weighted by Crippen LogP contribution is -2.04. The normalized spacial score (nSPS) is 11.1. The monoisotopic (exact) mass is 294 g/mol. The first kappa shape index (κ1) is 14.9. The second kappa shape index (κ2) is 7.31. The van der Waals surface area contributed by atoms with Crippen molar-refractivity contribution in [1.29, 1.82) is 0 Å². The first-order valence-electron chi connectivity index (χ1n) is 6.51. The van der Waals surface area contributed by atoms with Crippen LogP contribution in [0.2, 0.25) is 0 Å². The Morgan fingerprint density at radius 1 is 1.40 bits per heavy atom. The summed E-state index contributed by atoms with van der Waals surface area (Å²) in [6.07, 6.45) is 1.96. The van der Waals surface area contributed by atoms with Crippen molar-refractivity contribution in [2.45, 2.75) is 24.5 Å². The van der Waals surface area contributed by atoms with Crippen molar-refractivity contribution in [2.75, 3.05) is 19.5 Å². The molecule has 6 heteroatoms. The summed E-state index contributed by atoms with van der Waals surface area (Å²) in [6.45, 7) is 1.57. The minimum Gasteiger partial charge on any atom is -0.481 e. The van der Waals surface area contributed by atoms with Gasteiger partial charge in [0.2, 0.25) is 0 Å². The second-order valence-electron chi connectivity index (χ2n) is 4.42. The number of hydrogen-bond acceptors (Lipinski definition) is 4. The minimum absolute atomic E-state index is 0.0292. The van der Waals surface area contributed by atoms with Crippen LogP contribution in [0.25, 0.3) is 11.0 Å². The lowest BCUT2D eigenvalue weighted by Gasteiger charge is -2.08. The predicted molar refractivity (Wildman–Crippen MR) is 79.2 cm³/mol. The van der Waals surface area contributed by atoms with Crippen LogP contribution < -0.4 is 0 Å². The van der Waals surface area contributed by atoms with E-state index in [2.05, 4.69) is 9.55 Å². The van der Waals surface area contributed by atoms with Gasteiger partial charge in [-0.05, 0) is 25.0 Å². The number of hydrogen-bond donors (Lipinski definition) is 1. The van der Waals surface area contributed by atoms with Crippen LogP contribution in [-0.2, 0) is 16.1 Å². The lowest BCUT2D eigenvalue weighted by atomic mass is 10.3. The molecule has 1 heterocycles. The molecule has 1 aromatic carbocycles. The molecule has 0 saturated heterocycles. The van der Waals surface area contributed by atoms with E-state index in [-0.39, 0.29) is 5.75 Å². The third-order valence-electron chi connectivity index (χ3n) is 2.92. The van der Waals surface area contributed by atoms with Gasteiger partial charge in [-0.15, -0.1) is 0 Å². The smallest absolute Gasteiger partial charge is 0.313 e. The van der Waals surface area contributed by atoms with Gasteiger partial charge in [0.25, 0.3) is 0 Å². The molecule has 0 fully saturated rings. The Morgan fingerprint density at radius 3 is 2.95 bits per heavy atom. The third kappa shape index (κ3) is 3.74. The Balaban J connectivity index is 2.18.